The number of nitrogens with one attached hydrogen (secondary N) is 1. The Morgan fingerprint density at radius 3 is 2.89 bits per heavy atom. The lowest BCUT2D eigenvalue weighted by atomic mass is 10.3. The molecule has 0 bridgehead atoms. The minimum atomic E-state index is -0.247. The van der Waals surface area contributed by atoms with Crippen LogP contribution in [0.2, 0.25) is 0 Å². The Labute approximate surface area is 113 Å². The minimum absolute atomic E-state index is 0.0342. The molecule has 6 heteroatoms. The number of hydrogen-bond donors (Lipinski definition) is 2. The van der Waals surface area contributed by atoms with Crippen LogP contribution in [-0.2, 0) is 16.1 Å². The third-order valence-electron chi connectivity index (χ3n) is 2.72. The third-order valence-corrected chi connectivity index (χ3v) is 2.72. The van der Waals surface area contributed by atoms with E-state index in [2.05, 4.69) is 5.32 Å². The Morgan fingerprint density at radius 2 is 2.26 bits per heavy atom. The van der Waals surface area contributed by atoms with Gasteiger partial charge in [-0.15, -0.1) is 0 Å². The van der Waals surface area contributed by atoms with Crippen LogP contribution in [-0.4, -0.2) is 37.9 Å². The van der Waals surface area contributed by atoms with Crippen LogP contribution in [0.15, 0.2) is 12.3 Å². The van der Waals surface area contributed by atoms with E-state index >= 15 is 0 Å². The number of amides is 1. The lowest BCUT2D eigenvalue weighted by molar-refractivity contribution is -0.699. The predicted molar refractivity (Wildman–Crippen MR) is 69.1 cm³/mol. The average molecular weight is 269 g/mol. The summed E-state index contributed by atoms with van der Waals surface area (Å²) in [7, 11) is 1.57. The molecule has 0 radical (unpaired) electrons. The molecule has 0 unspecified atom stereocenters. The van der Waals surface area contributed by atoms with Gasteiger partial charge < -0.3 is 19.9 Å². The summed E-state index contributed by atoms with van der Waals surface area (Å²) in [6.07, 6.45) is 1.77. The number of carbonyl (C=O) groups is 1. The standard InChI is InChI=1S/C13H20N2O4/c1-4-15-7-5-11(16)13(10(15)2)19-9-12(17)14-6-8-18-3/h5,7H,4,6,8-9H2,1-3H3,(H,14,17)/p+1. The first-order valence-electron chi connectivity index (χ1n) is 6.20. The molecule has 2 N–H and O–H groups in total. The van der Waals surface area contributed by atoms with Crippen LogP contribution in [0.25, 0.3) is 0 Å². The van der Waals surface area contributed by atoms with Gasteiger partial charge in [0.25, 0.3) is 5.91 Å². The van der Waals surface area contributed by atoms with Crippen LogP contribution >= 0.6 is 0 Å². The van der Waals surface area contributed by atoms with Gasteiger partial charge in [0.15, 0.2) is 18.6 Å². The number of aromatic hydroxyl groups is 1. The van der Waals surface area contributed by atoms with Crippen LogP contribution < -0.4 is 14.6 Å². The number of aromatic nitrogens is 1. The van der Waals surface area contributed by atoms with Gasteiger partial charge in [-0.25, -0.2) is 0 Å². The molecule has 0 saturated carbocycles. The van der Waals surface area contributed by atoms with E-state index in [0.717, 1.165) is 12.2 Å². The van der Waals surface area contributed by atoms with Gasteiger partial charge in [-0.2, -0.15) is 4.57 Å². The Bertz CT molecular complexity index is 435. The van der Waals surface area contributed by atoms with Crippen LogP contribution in [0.3, 0.4) is 0 Å². The van der Waals surface area contributed by atoms with Crippen molar-refractivity contribution in [3.63, 3.8) is 0 Å². The highest BCUT2D eigenvalue weighted by molar-refractivity contribution is 5.77. The van der Waals surface area contributed by atoms with Gasteiger partial charge in [0.2, 0.25) is 11.4 Å². The number of aryl methyl sites for hydroxylation is 1. The fraction of sp³-hybridized carbons (Fsp3) is 0.538. The smallest absolute Gasteiger partial charge is 0.258 e. The lowest BCUT2D eigenvalue weighted by Gasteiger charge is -2.10. The van der Waals surface area contributed by atoms with Crippen molar-refractivity contribution in [1.29, 1.82) is 0 Å². The number of methoxy groups -OCH3 is 1. The van der Waals surface area contributed by atoms with Crippen molar-refractivity contribution in [3.05, 3.63) is 18.0 Å². The van der Waals surface area contributed by atoms with Gasteiger partial charge in [0.1, 0.15) is 6.54 Å². The predicted octanol–water partition coefficient (Wildman–Crippen LogP) is 0.149. The monoisotopic (exact) mass is 269 g/mol. The summed E-state index contributed by atoms with van der Waals surface area (Å²) < 4.78 is 12.1. The highest BCUT2D eigenvalue weighted by Gasteiger charge is 2.17. The molecule has 0 saturated heterocycles. The largest absolute Gasteiger partial charge is 0.504 e. The molecule has 0 atom stereocenters. The van der Waals surface area contributed by atoms with E-state index in [-0.39, 0.29) is 18.3 Å². The number of nitrogens with zero attached hydrogens (tertiary/aromatic N) is 1. The average Bonchev–Trinajstić information content (AvgIpc) is 2.39. The first-order valence-corrected chi connectivity index (χ1v) is 6.20. The van der Waals surface area contributed by atoms with Crippen molar-refractivity contribution in [2.75, 3.05) is 26.9 Å². The normalized spacial score (nSPS) is 10.3. The fourth-order valence-electron chi connectivity index (χ4n) is 1.67. The maximum atomic E-state index is 11.5. The van der Waals surface area contributed by atoms with E-state index in [9.17, 15) is 9.90 Å². The summed E-state index contributed by atoms with van der Waals surface area (Å²) in [5.41, 5.74) is 0.784. The summed E-state index contributed by atoms with van der Waals surface area (Å²) in [4.78, 5) is 11.5. The van der Waals surface area contributed by atoms with Crippen molar-refractivity contribution < 1.29 is 23.9 Å². The quantitative estimate of drug-likeness (QED) is 0.546. The van der Waals surface area contributed by atoms with Gasteiger partial charge in [0.05, 0.1) is 6.61 Å². The summed E-state index contributed by atoms with van der Waals surface area (Å²) in [6, 6.07) is 1.55. The number of carbonyl (C=O) groups excluding carboxylic acids is 1. The number of hydrogen-bond acceptors (Lipinski definition) is 4. The maximum Gasteiger partial charge on any atom is 0.258 e. The first-order chi connectivity index (χ1) is 9.10. The van der Waals surface area contributed by atoms with Crippen molar-refractivity contribution in [2.45, 2.75) is 20.4 Å². The second-order valence-electron chi connectivity index (χ2n) is 4.03. The Hall–Kier alpha value is -1.82. The summed E-state index contributed by atoms with van der Waals surface area (Å²) in [6.45, 7) is 5.35. The Balaban J connectivity index is 2.60. The van der Waals surface area contributed by atoms with E-state index in [1.54, 1.807) is 19.4 Å². The van der Waals surface area contributed by atoms with Gasteiger partial charge >= 0.3 is 0 Å². The zero-order chi connectivity index (χ0) is 14.3. The van der Waals surface area contributed by atoms with Crippen molar-refractivity contribution >= 4 is 5.91 Å². The Morgan fingerprint density at radius 1 is 1.53 bits per heavy atom. The van der Waals surface area contributed by atoms with E-state index in [4.69, 9.17) is 9.47 Å². The SMILES string of the molecule is CC[n+]1ccc(O)c(OCC(=O)NCCOC)c1C. The molecular formula is C13H21N2O4+. The van der Waals surface area contributed by atoms with Crippen molar-refractivity contribution in [2.24, 2.45) is 0 Å². The third kappa shape index (κ3) is 4.40. The van der Waals surface area contributed by atoms with Crippen LogP contribution in [0.5, 0.6) is 11.5 Å². The fourth-order valence-corrected chi connectivity index (χ4v) is 1.67. The lowest BCUT2D eigenvalue weighted by Crippen LogP contribution is -2.36. The molecule has 19 heavy (non-hydrogen) atoms. The van der Waals surface area contributed by atoms with Crippen LogP contribution in [0.1, 0.15) is 12.6 Å². The highest BCUT2D eigenvalue weighted by Crippen LogP contribution is 2.26. The number of ether oxygens (including phenoxy) is 2. The molecule has 106 valence electrons. The molecule has 1 aromatic heterocycles. The van der Waals surface area contributed by atoms with Gasteiger partial charge in [-0.1, -0.05) is 0 Å². The summed E-state index contributed by atoms with van der Waals surface area (Å²) in [5, 5.41) is 12.4. The van der Waals surface area contributed by atoms with Crippen molar-refractivity contribution in [1.82, 2.24) is 5.32 Å². The molecule has 0 fully saturated rings. The molecule has 0 spiro atoms. The molecule has 1 rings (SSSR count). The highest BCUT2D eigenvalue weighted by atomic mass is 16.5. The summed E-state index contributed by atoms with van der Waals surface area (Å²) in [5.74, 6) is 0.126. The topological polar surface area (TPSA) is 71.7 Å². The molecule has 1 heterocycles. The van der Waals surface area contributed by atoms with E-state index in [0.29, 0.717) is 18.9 Å². The number of rotatable bonds is 7. The molecule has 0 aliphatic heterocycles. The summed E-state index contributed by atoms with van der Waals surface area (Å²) >= 11 is 0. The van der Waals surface area contributed by atoms with E-state index < -0.39 is 0 Å². The molecule has 6 nitrogen and oxygen atoms in total. The van der Waals surface area contributed by atoms with Crippen LogP contribution in [0.4, 0.5) is 0 Å². The second-order valence-corrected chi connectivity index (χ2v) is 4.03. The second kappa shape index (κ2) is 7.58. The van der Waals surface area contributed by atoms with Crippen molar-refractivity contribution in [3.8, 4) is 11.5 Å². The van der Waals surface area contributed by atoms with E-state index in [1.165, 1.54) is 0 Å². The van der Waals surface area contributed by atoms with Gasteiger partial charge in [0, 0.05) is 26.6 Å². The molecule has 0 aliphatic rings. The Kier molecular flexibility index (Phi) is 6.08. The first kappa shape index (κ1) is 15.2. The molecular weight excluding hydrogens is 248 g/mol. The molecule has 1 amide bonds. The maximum absolute atomic E-state index is 11.5. The number of pyridine rings is 1. The zero-order valence-electron chi connectivity index (χ0n) is 11.6. The van der Waals surface area contributed by atoms with Gasteiger partial charge in [-0.3, -0.25) is 4.79 Å². The van der Waals surface area contributed by atoms with E-state index in [1.807, 2.05) is 18.4 Å². The molecule has 1 aromatic rings. The molecule has 0 aromatic carbocycles. The molecule has 0 aliphatic carbocycles. The van der Waals surface area contributed by atoms with Crippen LogP contribution in [0, 0.1) is 6.92 Å². The zero-order valence-corrected chi connectivity index (χ0v) is 11.6. The minimum Gasteiger partial charge on any atom is -0.504 e. The van der Waals surface area contributed by atoms with Gasteiger partial charge in [-0.05, 0) is 6.92 Å².